The van der Waals surface area contributed by atoms with Gasteiger partial charge in [0.2, 0.25) is 0 Å². The third-order valence-corrected chi connectivity index (χ3v) is 5.10. The second-order valence-electron chi connectivity index (χ2n) is 7.26. The normalized spacial score (nSPS) is 19.5. The molecule has 6 nitrogen and oxygen atoms in total. The molecular formula is C23H26O6. The molecule has 3 rings (SSSR count). The summed E-state index contributed by atoms with van der Waals surface area (Å²) in [6.07, 6.45) is 1.99. The molecule has 0 aromatic heterocycles. The summed E-state index contributed by atoms with van der Waals surface area (Å²) in [5.41, 5.74) is 1.48. The third-order valence-electron chi connectivity index (χ3n) is 5.10. The highest BCUT2D eigenvalue weighted by atomic mass is 16.5. The summed E-state index contributed by atoms with van der Waals surface area (Å²) in [5.74, 6) is 0.384. The van der Waals surface area contributed by atoms with Gasteiger partial charge in [-0.1, -0.05) is 24.3 Å². The lowest BCUT2D eigenvalue weighted by Crippen LogP contribution is -2.24. The SMILES string of the molecule is COC(Cc1ccc(OC2CCC(Oc3ccccc3C(C)=O)C2)cc1)C(=O)O. The number of benzene rings is 2. The van der Waals surface area contributed by atoms with Crippen molar-refractivity contribution in [2.75, 3.05) is 7.11 Å². The molecule has 0 heterocycles. The van der Waals surface area contributed by atoms with Crippen molar-refractivity contribution in [2.45, 2.75) is 50.9 Å². The number of carboxylic acids is 1. The van der Waals surface area contributed by atoms with E-state index in [1.165, 1.54) is 14.0 Å². The number of hydrogen-bond donors (Lipinski definition) is 1. The van der Waals surface area contributed by atoms with Crippen molar-refractivity contribution in [1.82, 2.24) is 0 Å². The van der Waals surface area contributed by atoms with Gasteiger partial charge in [-0.05, 0) is 49.6 Å². The molecule has 1 fully saturated rings. The minimum absolute atomic E-state index is 0.00917. The van der Waals surface area contributed by atoms with E-state index in [9.17, 15) is 9.59 Å². The van der Waals surface area contributed by atoms with Crippen LogP contribution < -0.4 is 9.47 Å². The van der Waals surface area contributed by atoms with Gasteiger partial charge in [-0.25, -0.2) is 4.79 Å². The summed E-state index contributed by atoms with van der Waals surface area (Å²) in [7, 11) is 1.39. The predicted octanol–water partition coefficient (Wildman–Crippen LogP) is 3.91. The van der Waals surface area contributed by atoms with Gasteiger partial charge in [0.15, 0.2) is 11.9 Å². The zero-order valence-electron chi connectivity index (χ0n) is 16.7. The molecule has 1 aliphatic carbocycles. The van der Waals surface area contributed by atoms with E-state index in [1.54, 1.807) is 6.07 Å². The summed E-state index contributed by atoms with van der Waals surface area (Å²) in [6, 6.07) is 14.7. The van der Waals surface area contributed by atoms with Gasteiger partial charge in [-0.2, -0.15) is 0 Å². The maximum atomic E-state index is 11.8. The first kappa shape index (κ1) is 20.9. The van der Waals surface area contributed by atoms with E-state index < -0.39 is 12.1 Å². The lowest BCUT2D eigenvalue weighted by Gasteiger charge is -2.17. The summed E-state index contributed by atoms with van der Waals surface area (Å²) >= 11 is 0. The number of ether oxygens (including phenoxy) is 3. The maximum absolute atomic E-state index is 11.8. The highest BCUT2D eigenvalue weighted by Crippen LogP contribution is 2.30. The van der Waals surface area contributed by atoms with Crippen LogP contribution in [0.5, 0.6) is 11.5 Å². The second kappa shape index (κ2) is 9.56. The van der Waals surface area contributed by atoms with E-state index in [0.717, 1.165) is 30.6 Å². The molecular weight excluding hydrogens is 372 g/mol. The third kappa shape index (κ3) is 5.57. The smallest absolute Gasteiger partial charge is 0.333 e. The number of carbonyl (C=O) groups excluding carboxylic acids is 1. The molecule has 0 bridgehead atoms. The summed E-state index contributed by atoms with van der Waals surface area (Å²) < 4.78 is 17.1. The molecule has 1 aliphatic rings. The Bertz CT molecular complexity index is 845. The molecule has 3 unspecified atom stereocenters. The van der Waals surface area contributed by atoms with Gasteiger partial charge in [-0.3, -0.25) is 4.79 Å². The van der Waals surface area contributed by atoms with Crippen molar-refractivity contribution < 1.29 is 28.9 Å². The van der Waals surface area contributed by atoms with Crippen LogP contribution in [-0.2, 0) is 16.0 Å². The summed E-state index contributed by atoms with van der Waals surface area (Å²) in [4.78, 5) is 22.8. The van der Waals surface area contributed by atoms with E-state index in [1.807, 2.05) is 42.5 Å². The van der Waals surface area contributed by atoms with Crippen LogP contribution in [0.25, 0.3) is 0 Å². The molecule has 0 aliphatic heterocycles. The predicted molar refractivity (Wildman–Crippen MR) is 108 cm³/mol. The van der Waals surface area contributed by atoms with Crippen molar-refractivity contribution in [3.8, 4) is 11.5 Å². The Kier molecular flexibility index (Phi) is 6.88. The zero-order valence-corrected chi connectivity index (χ0v) is 16.7. The molecule has 1 saturated carbocycles. The number of aliphatic carboxylic acids is 1. The van der Waals surface area contributed by atoms with Gasteiger partial charge < -0.3 is 19.3 Å². The summed E-state index contributed by atoms with van der Waals surface area (Å²) in [5, 5.41) is 9.08. The number of methoxy groups -OCH3 is 1. The lowest BCUT2D eigenvalue weighted by molar-refractivity contribution is -0.148. The average Bonchev–Trinajstić information content (AvgIpc) is 3.14. The molecule has 154 valence electrons. The van der Waals surface area contributed by atoms with Crippen molar-refractivity contribution in [1.29, 1.82) is 0 Å². The van der Waals surface area contributed by atoms with E-state index in [0.29, 0.717) is 17.7 Å². The molecule has 2 aromatic rings. The van der Waals surface area contributed by atoms with Gasteiger partial charge in [-0.15, -0.1) is 0 Å². The zero-order chi connectivity index (χ0) is 20.8. The number of carbonyl (C=O) groups is 2. The van der Waals surface area contributed by atoms with Gasteiger partial charge >= 0.3 is 5.97 Å². The fourth-order valence-electron chi connectivity index (χ4n) is 3.54. The Morgan fingerprint density at radius 1 is 1.03 bits per heavy atom. The van der Waals surface area contributed by atoms with E-state index >= 15 is 0 Å². The van der Waals surface area contributed by atoms with Crippen molar-refractivity contribution >= 4 is 11.8 Å². The van der Waals surface area contributed by atoms with Gasteiger partial charge in [0.25, 0.3) is 0 Å². The standard InChI is InChI=1S/C23H26O6/c1-15(24)20-5-3-4-6-21(20)29-19-12-11-18(14-19)28-17-9-7-16(8-10-17)13-22(27-2)23(25)26/h3-10,18-19,22H,11-14H2,1-2H3,(H,25,26). The van der Waals surface area contributed by atoms with Crippen LogP contribution in [-0.4, -0.2) is 42.3 Å². The molecule has 0 amide bonds. The monoisotopic (exact) mass is 398 g/mol. The average molecular weight is 398 g/mol. The first-order valence-corrected chi connectivity index (χ1v) is 9.74. The summed E-state index contributed by atoms with van der Waals surface area (Å²) in [6.45, 7) is 1.54. The van der Waals surface area contributed by atoms with Gasteiger partial charge in [0.1, 0.15) is 23.7 Å². The Morgan fingerprint density at radius 2 is 1.69 bits per heavy atom. The van der Waals surface area contributed by atoms with Crippen molar-refractivity contribution in [3.05, 3.63) is 59.7 Å². The highest BCUT2D eigenvalue weighted by molar-refractivity contribution is 5.96. The number of hydrogen-bond acceptors (Lipinski definition) is 5. The van der Waals surface area contributed by atoms with Gasteiger partial charge in [0.05, 0.1) is 5.56 Å². The number of carboxylic acid groups (broad SMARTS) is 1. The number of Topliss-reactive ketones (excluding diaryl/α,β-unsaturated/α-hetero) is 1. The maximum Gasteiger partial charge on any atom is 0.333 e. The molecule has 0 spiro atoms. The Balaban J connectivity index is 1.54. The van der Waals surface area contributed by atoms with Crippen LogP contribution in [0.4, 0.5) is 0 Å². The molecule has 29 heavy (non-hydrogen) atoms. The van der Waals surface area contributed by atoms with Crippen molar-refractivity contribution in [3.63, 3.8) is 0 Å². The first-order chi connectivity index (χ1) is 14.0. The molecule has 2 aromatic carbocycles. The van der Waals surface area contributed by atoms with Crippen LogP contribution in [0.15, 0.2) is 48.5 Å². The Morgan fingerprint density at radius 3 is 2.31 bits per heavy atom. The number of ketones is 1. The largest absolute Gasteiger partial charge is 0.490 e. The Labute approximate surface area is 170 Å². The minimum atomic E-state index is -0.976. The van der Waals surface area contributed by atoms with E-state index in [4.69, 9.17) is 19.3 Å². The lowest BCUT2D eigenvalue weighted by atomic mass is 10.1. The number of rotatable bonds is 9. The quantitative estimate of drug-likeness (QED) is 0.645. The molecule has 0 radical (unpaired) electrons. The fourth-order valence-corrected chi connectivity index (χ4v) is 3.54. The minimum Gasteiger partial charge on any atom is -0.490 e. The number of para-hydroxylation sites is 1. The topological polar surface area (TPSA) is 82.1 Å². The van der Waals surface area contributed by atoms with Crippen molar-refractivity contribution in [2.24, 2.45) is 0 Å². The van der Waals surface area contributed by atoms with Crippen LogP contribution >= 0.6 is 0 Å². The van der Waals surface area contributed by atoms with Crippen LogP contribution in [0, 0.1) is 0 Å². The second-order valence-corrected chi connectivity index (χ2v) is 7.26. The van der Waals surface area contributed by atoms with Crippen LogP contribution in [0.2, 0.25) is 0 Å². The highest BCUT2D eigenvalue weighted by Gasteiger charge is 2.28. The van der Waals surface area contributed by atoms with Gasteiger partial charge in [0, 0.05) is 20.0 Å². The molecule has 3 atom stereocenters. The van der Waals surface area contributed by atoms with Crippen LogP contribution in [0.1, 0.15) is 42.1 Å². The Hall–Kier alpha value is -2.86. The fraction of sp³-hybridized carbons (Fsp3) is 0.391. The molecule has 1 N–H and O–H groups in total. The molecule has 0 saturated heterocycles. The van der Waals surface area contributed by atoms with Crippen LogP contribution in [0.3, 0.4) is 0 Å². The van der Waals surface area contributed by atoms with E-state index in [2.05, 4.69) is 0 Å². The van der Waals surface area contributed by atoms with E-state index in [-0.39, 0.29) is 18.0 Å². The molecule has 6 heteroatoms. The first-order valence-electron chi connectivity index (χ1n) is 9.74.